The Bertz CT molecular complexity index is 1270. The number of hydrogen-bond donors (Lipinski definition) is 0. The minimum absolute atomic E-state index is 0.616. The third kappa shape index (κ3) is 3.84. The van der Waals surface area contributed by atoms with Crippen molar-refractivity contribution in [2.45, 2.75) is 0 Å². The smallest absolute Gasteiger partial charge is 0.150 e. The topological polar surface area (TPSA) is 86.5 Å². The minimum atomic E-state index is 0.616. The highest BCUT2D eigenvalue weighted by Gasteiger charge is 2.12. The van der Waals surface area contributed by atoms with Crippen LogP contribution in [0.4, 0.5) is 0 Å². The molecule has 7 nitrogen and oxygen atoms in total. The molecular formula is C24H16N6O. The van der Waals surface area contributed by atoms with Crippen molar-refractivity contribution in [1.29, 1.82) is 0 Å². The number of hydrogen-bond acceptors (Lipinski definition) is 6. The lowest BCUT2D eigenvalue weighted by Gasteiger charge is -2.08. The van der Waals surface area contributed by atoms with E-state index in [2.05, 4.69) is 20.3 Å². The first-order valence-corrected chi connectivity index (χ1v) is 9.63. The van der Waals surface area contributed by atoms with Gasteiger partial charge in [-0.1, -0.05) is 41.6 Å². The third-order valence-corrected chi connectivity index (χ3v) is 4.77. The number of nitrogens with zero attached hydrogens (tertiary/aromatic N) is 6. The third-order valence-electron chi connectivity index (χ3n) is 4.77. The molecule has 7 heteroatoms. The van der Waals surface area contributed by atoms with E-state index in [1.54, 1.807) is 29.2 Å². The molecule has 148 valence electrons. The molecule has 4 heterocycles. The number of pyridine rings is 3. The molecular weight excluding hydrogens is 388 g/mol. The lowest BCUT2D eigenvalue weighted by Crippen LogP contribution is -2.00. The van der Waals surface area contributed by atoms with E-state index in [1.165, 1.54) is 0 Å². The second-order valence-electron chi connectivity index (χ2n) is 6.81. The van der Waals surface area contributed by atoms with Crippen molar-refractivity contribution >= 4 is 6.29 Å². The molecule has 0 aliphatic heterocycles. The molecule has 0 saturated heterocycles. The maximum Gasteiger partial charge on any atom is 0.150 e. The summed E-state index contributed by atoms with van der Waals surface area (Å²) in [5.74, 6) is 0. The number of aldehydes is 1. The molecule has 0 aliphatic rings. The van der Waals surface area contributed by atoms with Gasteiger partial charge in [-0.25, -0.2) is 9.67 Å². The molecule has 0 fully saturated rings. The van der Waals surface area contributed by atoms with Gasteiger partial charge in [-0.15, -0.1) is 5.10 Å². The van der Waals surface area contributed by atoms with E-state index in [4.69, 9.17) is 4.98 Å². The van der Waals surface area contributed by atoms with E-state index < -0.39 is 0 Å². The summed E-state index contributed by atoms with van der Waals surface area (Å²) in [5.41, 5.74) is 5.92. The Morgan fingerprint density at radius 3 is 1.90 bits per heavy atom. The molecule has 1 aromatic carbocycles. The fourth-order valence-corrected chi connectivity index (χ4v) is 3.19. The molecule has 0 bridgehead atoms. The number of carbonyl (C=O) groups is 1. The Balaban J connectivity index is 1.60. The van der Waals surface area contributed by atoms with Gasteiger partial charge in [0.05, 0.1) is 34.7 Å². The first-order valence-electron chi connectivity index (χ1n) is 9.63. The SMILES string of the molecule is O=Cc1ccc(-c2cn(-c3cc(-c4ccccn4)nc(-c4ccccn4)c3)nn2)cc1. The highest BCUT2D eigenvalue weighted by molar-refractivity contribution is 5.76. The summed E-state index contributed by atoms with van der Waals surface area (Å²) in [5, 5.41) is 8.60. The summed E-state index contributed by atoms with van der Waals surface area (Å²) in [6.45, 7) is 0. The number of rotatable bonds is 5. The van der Waals surface area contributed by atoms with Crippen molar-refractivity contribution in [3.05, 3.63) is 97.0 Å². The number of benzene rings is 1. The van der Waals surface area contributed by atoms with Crippen LogP contribution >= 0.6 is 0 Å². The van der Waals surface area contributed by atoms with Gasteiger partial charge in [0.2, 0.25) is 0 Å². The monoisotopic (exact) mass is 404 g/mol. The van der Waals surface area contributed by atoms with E-state index in [9.17, 15) is 4.79 Å². The first kappa shape index (κ1) is 18.5. The molecule has 31 heavy (non-hydrogen) atoms. The first-order chi connectivity index (χ1) is 15.3. The van der Waals surface area contributed by atoms with Crippen molar-refractivity contribution in [3.63, 3.8) is 0 Å². The van der Waals surface area contributed by atoms with Gasteiger partial charge in [0.15, 0.2) is 0 Å². The van der Waals surface area contributed by atoms with Gasteiger partial charge in [0.25, 0.3) is 0 Å². The zero-order valence-electron chi connectivity index (χ0n) is 16.3. The fraction of sp³-hybridized carbons (Fsp3) is 0. The molecule has 5 aromatic rings. The van der Waals surface area contributed by atoms with Gasteiger partial charge in [0, 0.05) is 23.5 Å². The van der Waals surface area contributed by atoms with E-state index in [0.717, 1.165) is 28.9 Å². The molecule has 0 aliphatic carbocycles. The normalized spacial score (nSPS) is 10.7. The van der Waals surface area contributed by atoms with Gasteiger partial charge < -0.3 is 0 Å². The van der Waals surface area contributed by atoms with Crippen LogP contribution in [0.25, 0.3) is 39.7 Å². The summed E-state index contributed by atoms with van der Waals surface area (Å²) >= 11 is 0. The maximum atomic E-state index is 10.9. The zero-order chi connectivity index (χ0) is 21.0. The second-order valence-corrected chi connectivity index (χ2v) is 6.81. The zero-order valence-corrected chi connectivity index (χ0v) is 16.3. The summed E-state index contributed by atoms with van der Waals surface area (Å²) in [7, 11) is 0. The molecule has 0 amide bonds. The van der Waals surface area contributed by atoms with Gasteiger partial charge >= 0.3 is 0 Å². The summed E-state index contributed by atoms with van der Waals surface area (Å²) < 4.78 is 1.70. The Kier molecular flexibility index (Phi) is 4.82. The van der Waals surface area contributed by atoms with Crippen LogP contribution in [-0.4, -0.2) is 36.2 Å². The van der Waals surface area contributed by atoms with Gasteiger partial charge in [-0.3, -0.25) is 14.8 Å². The van der Waals surface area contributed by atoms with E-state index in [0.29, 0.717) is 22.6 Å². The van der Waals surface area contributed by atoms with E-state index >= 15 is 0 Å². The van der Waals surface area contributed by atoms with Crippen LogP contribution in [0.3, 0.4) is 0 Å². The molecule has 5 rings (SSSR count). The summed E-state index contributed by atoms with van der Waals surface area (Å²) in [6.07, 6.45) is 6.13. The van der Waals surface area contributed by atoms with Crippen molar-refractivity contribution in [2.24, 2.45) is 0 Å². The largest absolute Gasteiger partial charge is 0.298 e. The Hall–Kier alpha value is -4.52. The van der Waals surface area contributed by atoms with E-state index in [-0.39, 0.29) is 0 Å². The van der Waals surface area contributed by atoms with Crippen LogP contribution < -0.4 is 0 Å². The van der Waals surface area contributed by atoms with Crippen molar-refractivity contribution in [1.82, 2.24) is 29.9 Å². The number of aromatic nitrogens is 6. The lowest BCUT2D eigenvalue weighted by atomic mass is 10.1. The molecule has 0 atom stereocenters. The van der Waals surface area contributed by atoms with Crippen molar-refractivity contribution < 1.29 is 4.79 Å². The standard InChI is InChI=1S/C24H16N6O/c31-16-17-7-9-18(10-8-17)24-15-30(29-28-24)19-13-22(20-5-1-3-11-25-20)27-23(14-19)21-6-2-4-12-26-21/h1-16H. The predicted molar refractivity (Wildman–Crippen MR) is 116 cm³/mol. The molecule has 0 radical (unpaired) electrons. The van der Waals surface area contributed by atoms with Crippen molar-refractivity contribution in [3.8, 4) is 39.7 Å². The van der Waals surface area contributed by atoms with Crippen LogP contribution in [0.5, 0.6) is 0 Å². The molecule has 0 saturated carbocycles. The van der Waals surface area contributed by atoms with Crippen molar-refractivity contribution in [2.75, 3.05) is 0 Å². The average molecular weight is 404 g/mol. The van der Waals surface area contributed by atoms with Crippen LogP contribution in [-0.2, 0) is 0 Å². The van der Waals surface area contributed by atoms with Crippen LogP contribution in [0, 0.1) is 0 Å². The quantitative estimate of drug-likeness (QED) is 0.407. The predicted octanol–water partition coefficient (Wildman–Crippen LogP) is 4.27. The van der Waals surface area contributed by atoms with Crippen LogP contribution in [0.15, 0.2) is 91.4 Å². The molecule has 4 aromatic heterocycles. The summed E-state index contributed by atoms with van der Waals surface area (Å²) in [4.78, 5) is 24.5. The summed E-state index contributed by atoms with van der Waals surface area (Å²) in [6, 6.07) is 22.5. The fourth-order valence-electron chi connectivity index (χ4n) is 3.19. The molecule has 0 spiro atoms. The Morgan fingerprint density at radius 2 is 1.35 bits per heavy atom. The van der Waals surface area contributed by atoms with Gasteiger partial charge in [-0.2, -0.15) is 0 Å². The van der Waals surface area contributed by atoms with Crippen LogP contribution in [0.2, 0.25) is 0 Å². The van der Waals surface area contributed by atoms with Gasteiger partial charge in [0.1, 0.15) is 12.0 Å². The van der Waals surface area contributed by atoms with Gasteiger partial charge in [-0.05, 0) is 36.4 Å². The Labute approximate surface area is 178 Å². The second kappa shape index (κ2) is 8.08. The molecule has 0 unspecified atom stereocenters. The Morgan fingerprint density at radius 1 is 0.710 bits per heavy atom. The number of carbonyl (C=O) groups excluding carboxylic acids is 1. The van der Waals surface area contributed by atoms with Crippen LogP contribution in [0.1, 0.15) is 10.4 Å². The lowest BCUT2D eigenvalue weighted by molar-refractivity contribution is 0.112. The van der Waals surface area contributed by atoms with E-state index in [1.807, 2.05) is 66.9 Å². The molecule has 0 N–H and O–H groups in total. The average Bonchev–Trinajstić information content (AvgIpc) is 3.35. The maximum absolute atomic E-state index is 10.9. The minimum Gasteiger partial charge on any atom is -0.298 e. The highest BCUT2D eigenvalue weighted by Crippen LogP contribution is 2.25. The highest BCUT2D eigenvalue weighted by atomic mass is 16.1.